The van der Waals surface area contributed by atoms with Crippen molar-refractivity contribution < 1.29 is 9.15 Å². The van der Waals surface area contributed by atoms with Crippen LogP contribution >= 0.6 is 0 Å². The fraction of sp³-hybridized carbons (Fsp3) is 0.375. The zero-order valence-electron chi connectivity index (χ0n) is 11.4. The molecule has 19 heavy (non-hydrogen) atoms. The van der Waals surface area contributed by atoms with E-state index in [4.69, 9.17) is 9.15 Å². The molecule has 0 amide bonds. The summed E-state index contributed by atoms with van der Waals surface area (Å²) in [5, 5.41) is 4.42. The maximum Gasteiger partial charge on any atom is 0.134 e. The molecule has 0 radical (unpaired) electrons. The summed E-state index contributed by atoms with van der Waals surface area (Å²) in [6.07, 6.45) is 4.33. The number of aryl methyl sites for hydroxylation is 1. The van der Waals surface area contributed by atoms with E-state index in [2.05, 4.69) is 36.5 Å². The van der Waals surface area contributed by atoms with Crippen molar-refractivity contribution in [1.82, 2.24) is 5.32 Å². The van der Waals surface area contributed by atoms with E-state index in [1.54, 1.807) is 0 Å². The van der Waals surface area contributed by atoms with Gasteiger partial charge in [0.25, 0.3) is 0 Å². The molecule has 0 saturated carbocycles. The summed E-state index contributed by atoms with van der Waals surface area (Å²) in [5.41, 5.74) is 2.17. The number of furan rings is 1. The van der Waals surface area contributed by atoms with Gasteiger partial charge < -0.3 is 14.5 Å². The number of hydrogen-bond acceptors (Lipinski definition) is 3. The zero-order chi connectivity index (χ0) is 13.2. The Morgan fingerprint density at radius 2 is 2.16 bits per heavy atom. The second kappa shape index (κ2) is 5.10. The van der Waals surface area contributed by atoms with Gasteiger partial charge in [0.2, 0.25) is 0 Å². The monoisotopic (exact) mass is 257 g/mol. The van der Waals surface area contributed by atoms with Crippen LogP contribution in [0.25, 0.3) is 11.0 Å². The molecule has 1 atom stereocenters. The van der Waals surface area contributed by atoms with Crippen LogP contribution in [0.4, 0.5) is 0 Å². The van der Waals surface area contributed by atoms with Crippen molar-refractivity contribution in [1.29, 1.82) is 0 Å². The number of rotatable bonds is 3. The van der Waals surface area contributed by atoms with E-state index in [1.807, 2.05) is 13.1 Å². The van der Waals surface area contributed by atoms with Crippen molar-refractivity contribution >= 4 is 11.0 Å². The summed E-state index contributed by atoms with van der Waals surface area (Å²) in [6.45, 7) is 2.89. The number of hydrogen-bond donors (Lipinski definition) is 1. The Kier molecular flexibility index (Phi) is 3.30. The van der Waals surface area contributed by atoms with Crippen molar-refractivity contribution in [3.05, 3.63) is 47.4 Å². The highest BCUT2D eigenvalue weighted by Crippen LogP contribution is 2.30. The maximum atomic E-state index is 5.95. The Bertz CT molecular complexity index is 612. The first-order valence-electron chi connectivity index (χ1n) is 6.78. The molecular weight excluding hydrogens is 238 g/mol. The molecule has 0 fully saturated rings. The first kappa shape index (κ1) is 12.3. The van der Waals surface area contributed by atoms with Crippen LogP contribution in [0.5, 0.6) is 0 Å². The summed E-state index contributed by atoms with van der Waals surface area (Å²) >= 11 is 0. The van der Waals surface area contributed by atoms with Crippen LogP contribution in [-0.2, 0) is 4.74 Å². The third-order valence-electron chi connectivity index (χ3n) is 3.51. The number of ether oxygens (including phenoxy) is 1. The molecule has 100 valence electrons. The topological polar surface area (TPSA) is 34.4 Å². The fourth-order valence-corrected chi connectivity index (χ4v) is 2.53. The number of nitrogens with one attached hydrogen (secondary N) is 1. The molecule has 3 rings (SSSR count). The number of likely N-dealkylation sites (N-methyl/N-ethyl adjacent to an activating group) is 1. The van der Waals surface area contributed by atoms with Crippen LogP contribution in [-0.4, -0.2) is 13.7 Å². The van der Waals surface area contributed by atoms with Crippen LogP contribution < -0.4 is 5.32 Å². The molecule has 1 aliphatic rings. The van der Waals surface area contributed by atoms with Gasteiger partial charge >= 0.3 is 0 Å². The summed E-state index contributed by atoms with van der Waals surface area (Å²) < 4.78 is 11.7. The van der Waals surface area contributed by atoms with E-state index in [0.29, 0.717) is 0 Å². The lowest BCUT2D eigenvalue weighted by atomic mass is 10.1. The molecule has 3 heteroatoms. The van der Waals surface area contributed by atoms with Gasteiger partial charge in [0.05, 0.1) is 6.61 Å². The Hall–Kier alpha value is -1.74. The molecule has 0 bridgehead atoms. The van der Waals surface area contributed by atoms with Crippen LogP contribution in [0.3, 0.4) is 0 Å². The summed E-state index contributed by atoms with van der Waals surface area (Å²) in [5.74, 6) is 1.89. The highest BCUT2D eigenvalue weighted by Gasteiger charge is 2.21. The SMILES string of the molecule is CNC(C1=CCCCO1)c1cc2cc(C)ccc2o1. The van der Waals surface area contributed by atoms with Gasteiger partial charge in [0.15, 0.2) is 0 Å². The average Bonchev–Trinajstić information content (AvgIpc) is 2.83. The van der Waals surface area contributed by atoms with Gasteiger partial charge in [-0.2, -0.15) is 0 Å². The van der Waals surface area contributed by atoms with Gasteiger partial charge in [-0.15, -0.1) is 0 Å². The first-order valence-corrected chi connectivity index (χ1v) is 6.78. The molecule has 2 aromatic rings. The third kappa shape index (κ3) is 2.38. The highest BCUT2D eigenvalue weighted by molar-refractivity contribution is 5.78. The summed E-state index contributed by atoms with van der Waals surface area (Å²) in [4.78, 5) is 0. The normalized spacial score (nSPS) is 17.1. The van der Waals surface area contributed by atoms with Crippen LogP contribution in [0, 0.1) is 6.92 Å². The molecule has 0 aliphatic carbocycles. The van der Waals surface area contributed by atoms with E-state index < -0.39 is 0 Å². The van der Waals surface area contributed by atoms with Crippen molar-refractivity contribution in [3.63, 3.8) is 0 Å². The first-order chi connectivity index (χ1) is 9.28. The van der Waals surface area contributed by atoms with E-state index in [9.17, 15) is 0 Å². The lowest BCUT2D eigenvalue weighted by Gasteiger charge is -2.21. The standard InChI is InChI=1S/C16H19NO2/c1-11-6-7-13-12(9-11)10-15(19-13)16(17-2)14-5-3-4-8-18-14/h5-7,9-10,16-17H,3-4,8H2,1-2H3. The zero-order valence-corrected chi connectivity index (χ0v) is 11.4. The average molecular weight is 257 g/mol. The van der Waals surface area contributed by atoms with Crippen LogP contribution in [0.2, 0.25) is 0 Å². The minimum absolute atomic E-state index is 0.00741. The van der Waals surface area contributed by atoms with Crippen molar-refractivity contribution in [2.45, 2.75) is 25.8 Å². The van der Waals surface area contributed by atoms with Gasteiger partial charge in [-0.1, -0.05) is 11.6 Å². The Morgan fingerprint density at radius 1 is 1.26 bits per heavy atom. The summed E-state index contributed by atoms with van der Waals surface area (Å²) in [6, 6.07) is 8.35. The largest absolute Gasteiger partial charge is 0.496 e. The molecule has 3 nitrogen and oxygen atoms in total. The highest BCUT2D eigenvalue weighted by atomic mass is 16.5. The number of fused-ring (bicyclic) bond motifs is 1. The lowest BCUT2D eigenvalue weighted by molar-refractivity contribution is 0.164. The van der Waals surface area contributed by atoms with E-state index in [1.165, 1.54) is 5.56 Å². The lowest BCUT2D eigenvalue weighted by Crippen LogP contribution is -2.21. The van der Waals surface area contributed by atoms with Crippen molar-refractivity contribution in [3.8, 4) is 0 Å². The van der Waals surface area contributed by atoms with Crippen LogP contribution in [0.1, 0.15) is 30.2 Å². The van der Waals surface area contributed by atoms with E-state index in [-0.39, 0.29) is 6.04 Å². The number of benzene rings is 1. The Balaban J connectivity index is 1.98. The maximum absolute atomic E-state index is 5.95. The Labute approximate surface area is 113 Å². The quantitative estimate of drug-likeness (QED) is 0.910. The van der Waals surface area contributed by atoms with E-state index in [0.717, 1.165) is 41.9 Å². The molecule has 1 unspecified atom stereocenters. The third-order valence-corrected chi connectivity index (χ3v) is 3.51. The molecule has 1 aromatic heterocycles. The van der Waals surface area contributed by atoms with E-state index >= 15 is 0 Å². The molecule has 0 spiro atoms. The minimum Gasteiger partial charge on any atom is -0.496 e. The fourth-order valence-electron chi connectivity index (χ4n) is 2.53. The predicted octanol–water partition coefficient (Wildman–Crippen LogP) is 3.70. The molecule has 1 aliphatic heterocycles. The van der Waals surface area contributed by atoms with Gasteiger partial charge in [-0.05, 0) is 51.1 Å². The van der Waals surface area contributed by atoms with Gasteiger partial charge in [0.1, 0.15) is 23.1 Å². The summed E-state index contributed by atoms with van der Waals surface area (Å²) in [7, 11) is 1.93. The molecule has 2 heterocycles. The molecule has 1 N–H and O–H groups in total. The smallest absolute Gasteiger partial charge is 0.134 e. The van der Waals surface area contributed by atoms with Gasteiger partial charge in [-0.25, -0.2) is 0 Å². The van der Waals surface area contributed by atoms with Crippen molar-refractivity contribution in [2.24, 2.45) is 0 Å². The second-order valence-electron chi connectivity index (χ2n) is 5.01. The van der Waals surface area contributed by atoms with Gasteiger partial charge in [-0.3, -0.25) is 0 Å². The Morgan fingerprint density at radius 3 is 2.89 bits per heavy atom. The van der Waals surface area contributed by atoms with Crippen molar-refractivity contribution in [2.75, 3.05) is 13.7 Å². The molecule has 0 saturated heterocycles. The van der Waals surface area contributed by atoms with Crippen LogP contribution in [0.15, 0.2) is 40.5 Å². The predicted molar refractivity (Wildman–Crippen MR) is 76.0 cm³/mol. The minimum atomic E-state index is 0.00741. The molecule has 1 aromatic carbocycles. The number of allylic oxidation sites excluding steroid dienone is 1. The second-order valence-corrected chi connectivity index (χ2v) is 5.01. The van der Waals surface area contributed by atoms with Gasteiger partial charge in [0, 0.05) is 5.39 Å². The molecular formula is C16H19NO2.